The standard InChI is InChI=1S/C17H26N2O/c1-4-19(12-16-6-5-9-18-16)17(20)11-15-8-7-13(2)14(3)10-15/h7-8,10,16,18H,4-6,9,11-12H2,1-3H3. The minimum atomic E-state index is 0.240. The molecule has 110 valence electrons. The van der Waals surface area contributed by atoms with Crippen LogP contribution in [0.2, 0.25) is 0 Å². The number of nitrogens with zero attached hydrogens (tertiary/aromatic N) is 1. The molecule has 1 unspecified atom stereocenters. The van der Waals surface area contributed by atoms with Gasteiger partial charge < -0.3 is 10.2 Å². The average Bonchev–Trinajstić information content (AvgIpc) is 2.93. The van der Waals surface area contributed by atoms with Gasteiger partial charge in [-0.15, -0.1) is 0 Å². The van der Waals surface area contributed by atoms with E-state index in [9.17, 15) is 4.79 Å². The summed E-state index contributed by atoms with van der Waals surface area (Å²) in [5.74, 6) is 0.240. The molecule has 1 aromatic carbocycles. The van der Waals surface area contributed by atoms with Crippen molar-refractivity contribution in [1.29, 1.82) is 0 Å². The lowest BCUT2D eigenvalue weighted by Crippen LogP contribution is -2.41. The van der Waals surface area contributed by atoms with Gasteiger partial charge in [0.2, 0.25) is 5.91 Å². The maximum absolute atomic E-state index is 12.4. The van der Waals surface area contributed by atoms with E-state index >= 15 is 0 Å². The van der Waals surface area contributed by atoms with Crippen LogP contribution < -0.4 is 5.32 Å². The van der Waals surface area contributed by atoms with Crippen molar-refractivity contribution in [1.82, 2.24) is 10.2 Å². The van der Waals surface area contributed by atoms with Gasteiger partial charge in [0.25, 0.3) is 0 Å². The van der Waals surface area contributed by atoms with Gasteiger partial charge in [-0.3, -0.25) is 4.79 Å². The maximum atomic E-state index is 12.4. The first-order valence-electron chi connectivity index (χ1n) is 7.67. The number of carbonyl (C=O) groups is 1. The molecule has 20 heavy (non-hydrogen) atoms. The zero-order valence-corrected chi connectivity index (χ0v) is 12.9. The molecule has 1 heterocycles. The Bertz CT molecular complexity index is 464. The molecule has 0 bridgehead atoms. The van der Waals surface area contributed by atoms with Crippen LogP contribution in [-0.4, -0.2) is 36.5 Å². The Balaban J connectivity index is 1.95. The number of hydrogen-bond donors (Lipinski definition) is 1. The van der Waals surface area contributed by atoms with Crippen molar-refractivity contribution in [3.05, 3.63) is 34.9 Å². The Morgan fingerprint density at radius 1 is 1.35 bits per heavy atom. The lowest BCUT2D eigenvalue weighted by molar-refractivity contribution is -0.130. The topological polar surface area (TPSA) is 32.3 Å². The SMILES string of the molecule is CCN(CC1CCCN1)C(=O)Cc1ccc(C)c(C)c1. The number of rotatable bonds is 5. The normalized spacial score (nSPS) is 18.2. The second kappa shape index (κ2) is 6.89. The summed E-state index contributed by atoms with van der Waals surface area (Å²) in [6, 6.07) is 6.79. The van der Waals surface area contributed by atoms with E-state index in [1.54, 1.807) is 0 Å². The fraction of sp³-hybridized carbons (Fsp3) is 0.588. The molecule has 1 aliphatic heterocycles. The van der Waals surface area contributed by atoms with Crippen LogP contribution in [-0.2, 0) is 11.2 Å². The number of benzene rings is 1. The Hall–Kier alpha value is -1.35. The molecule has 3 heteroatoms. The Morgan fingerprint density at radius 2 is 2.15 bits per heavy atom. The summed E-state index contributed by atoms with van der Waals surface area (Å²) < 4.78 is 0. The highest BCUT2D eigenvalue weighted by Gasteiger charge is 2.20. The van der Waals surface area contributed by atoms with E-state index in [2.05, 4.69) is 44.3 Å². The summed E-state index contributed by atoms with van der Waals surface area (Å²) in [5.41, 5.74) is 3.66. The molecule has 0 aliphatic carbocycles. The summed E-state index contributed by atoms with van der Waals surface area (Å²) in [5, 5.41) is 3.46. The summed E-state index contributed by atoms with van der Waals surface area (Å²) in [4.78, 5) is 14.4. The van der Waals surface area contributed by atoms with Crippen LogP contribution in [0.3, 0.4) is 0 Å². The van der Waals surface area contributed by atoms with Crippen LogP contribution in [0.5, 0.6) is 0 Å². The summed E-state index contributed by atoms with van der Waals surface area (Å²) >= 11 is 0. The van der Waals surface area contributed by atoms with E-state index in [0.717, 1.165) is 25.2 Å². The van der Waals surface area contributed by atoms with Gasteiger partial charge in [0.15, 0.2) is 0 Å². The van der Waals surface area contributed by atoms with E-state index in [4.69, 9.17) is 0 Å². The van der Waals surface area contributed by atoms with E-state index in [1.165, 1.54) is 24.0 Å². The molecule has 0 saturated carbocycles. The number of nitrogens with one attached hydrogen (secondary N) is 1. The lowest BCUT2D eigenvalue weighted by atomic mass is 10.0. The first-order chi connectivity index (χ1) is 9.60. The highest BCUT2D eigenvalue weighted by Crippen LogP contribution is 2.12. The summed E-state index contributed by atoms with van der Waals surface area (Å²) in [7, 11) is 0. The van der Waals surface area contributed by atoms with Crippen molar-refractivity contribution in [2.45, 2.75) is 46.1 Å². The predicted molar refractivity (Wildman–Crippen MR) is 82.9 cm³/mol. The third-order valence-corrected chi connectivity index (χ3v) is 4.26. The van der Waals surface area contributed by atoms with Gasteiger partial charge >= 0.3 is 0 Å². The number of amides is 1. The van der Waals surface area contributed by atoms with Crippen molar-refractivity contribution >= 4 is 5.91 Å². The largest absolute Gasteiger partial charge is 0.341 e. The smallest absolute Gasteiger partial charge is 0.227 e. The highest BCUT2D eigenvalue weighted by atomic mass is 16.2. The Kier molecular flexibility index (Phi) is 5.18. The van der Waals surface area contributed by atoms with Gasteiger partial charge in [0.1, 0.15) is 0 Å². The van der Waals surface area contributed by atoms with Crippen LogP contribution in [0.15, 0.2) is 18.2 Å². The third-order valence-electron chi connectivity index (χ3n) is 4.26. The minimum absolute atomic E-state index is 0.240. The molecule has 1 aliphatic rings. The molecular weight excluding hydrogens is 248 g/mol. The van der Waals surface area contributed by atoms with E-state index in [0.29, 0.717) is 12.5 Å². The van der Waals surface area contributed by atoms with Gasteiger partial charge in [-0.2, -0.15) is 0 Å². The molecule has 1 atom stereocenters. The second-order valence-corrected chi connectivity index (χ2v) is 5.82. The maximum Gasteiger partial charge on any atom is 0.227 e. The predicted octanol–water partition coefficient (Wildman–Crippen LogP) is 2.45. The van der Waals surface area contributed by atoms with E-state index in [-0.39, 0.29) is 5.91 Å². The first-order valence-corrected chi connectivity index (χ1v) is 7.67. The molecule has 2 rings (SSSR count). The lowest BCUT2D eigenvalue weighted by Gasteiger charge is -2.24. The highest BCUT2D eigenvalue weighted by molar-refractivity contribution is 5.78. The fourth-order valence-corrected chi connectivity index (χ4v) is 2.79. The first kappa shape index (κ1) is 15.0. The average molecular weight is 274 g/mol. The monoisotopic (exact) mass is 274 g/mol. The summed E-state index contributed by atoms with van der Waals surface area (Å²) in [6.07, 6.45) is 2.93. The van der Waals surface area contributed by atoms with E-state index < -0.39 is 0 Å². The zero-order chi connectivity index (χ0) is 14.5. The van der Waals surface area contributed by atoms with Gasteiger partial charge in [-0.1, -0.05) is 18.2 Å². The molecule has 1 saturated heterocycles. The number of likely N-dealkylation sites (N-methyl/N-ethyl adjacent to an activating group) is 1. The van der Waals surface area contributed by atoms with Crippen molar-refractivity contribution in [3.8, 4) is 0 Å². The number of carbonyl (C=O) groups excluding carboxylic acids is 1. The van der Waals surface area contributed by atoms with Crippen LogP contribution in [0, 0.1) is 13.8 Å². The fourth-order valence-electron chi connectivity index (χ4n) is 2.79. The Labute approximate surface area is 122 Å². The molecule has 0 spiro atoms. The molecule has 1 N–H and O–H groups in total. The van der Waals surface area contributed by atoms with Crippen LogP contribution in [0.25, 0.3) is 0 Å². The Morgan fingerprint density at radius 3 is 2.75 bits per heavy atom. The molecule has 0 radical (unpaired) electrons. The molecule has 1 fully saturated rings. The third kappa shape index (κ3) is 3.83. The minimum Gasteiger partial charge on any atom is -0.341 e. The molecular formula is C17H26N2O. The molecule has 1 aromatic rings. The molecule has 0 aromatic heterocycles. The van der Waals surface area contributed by atoms with Crippen molar-refractivity contribution in [2.75, 3.05) is 19.6 Å². The number of aryl methyl sites for hydroxylation is 2. The van der Waals surface area contributed by atoms with Crippen LogP contribution >= 0.6 is 0 Å². The summed E-state index contributed by atoms with van der Waals surface area (Å²) in [6.45, 7) is 9.00. The van der Waals surface area contributed by atoms with E-state index in [1.807, 2.05) is 4.90 Å². The van der Waals surface area contributed by atoms with Crippen LogP contribution in [0.1, 0.15) is 36.5 Å². The van der Waals surface area contributed by atoms with Gasteiger partial charge in [0.05, 0.1) is 6.42 Å². The van der Waals surface area contributed by atoms with Gasteiger partial charge in [-0.05, 0) is 56.8 Å². The molecule has 1 amide bonds. The quantitative estimate of drug-likeness (QED) is 0.894. The second-order valence-electron chi connectivity index (χ2n) is 5.82. The van der Waals surface area contributed by atoms with Crippen molar-refractivity contribution in [3.63, 3.8) is 0 Å². The number of hydrogen-bond acceptors (Lipinski definition) is 2. The van der Waals surface area contributed by atoms with Crippen LogP contribution in [0.4, 0.5) is 0 Å². The van der Waals surface area contributed by atoms with Crippen molar-refractivity contribution < 1.29 is 4.79 Å². The zero-order valence-electron chi connectivity index (χ0n) is 12.9. The van der Waals surface area contributed by atoms with Gasteiger partial charge in [0, 0.05) is 19.1 Å². The molecule has 3 nitrogen and oxygen atoms in total. The van der Waals surface area contributed by atoms with Crippen molar-refractivity contribution in [2.24, 2.45) is 0 Å². The van der Waals surface area contributed by atoms with Gasteiger partial charge in [-0.25, -0.2) is 0 Å².